The predicted octanol–water partition coefficient (Wildman–Crippen LogP) is 0.983. The van der Waals surface area contributed by atoms with Gasteiger partial charge in [0.15, 0.2) is 0 Å². The zero-order chi connectivity index (χ0) is 13.9. The molecule has 106 valence electrons. The second kappa shape index (κ2) is 4.09. The first-order chi connectivity index (χ1) is 8.08. The second-order valence-electron chi connectivity index (χ2n) is 6.79. The van der Waals surface area contributed by atoms with E-state index in [1.165, 1.54) is 11.8 Å². The maximum absolute atomic E-state index is 10.4. The molecule has 0 unspecified atom stereocenters. The van der Waals surface area contributed by atoms with E-state index < -0.39 is 28.8 Å². The molecule has 0 amide bonds. The summed E-state index contributed by atoms with van der Waals surface area (Å²) in [6.07, 6.45) is -3.28. The Morgan fingerprint density at radius 1 is 1.17 bits per heavy atom. The van der Waals surface area contributed by atoms with E-state index in [1.807, 2.05) is 34.6 Å². The molecule has 0 saturated carbocycles. The van der Waals surface area contributed by atoms with E-state index in [2.05, 4.69) is 0 Å². The molecule has 2 aliphatic rings. The van der Waals surface area contributed by atoms with E-state index in [9.17, 15) is 15.3 Å². The molecule has 0 aromatic rings. The number of thioether (sulfide) groups is 1. The highest BCUT2D eigenvalue weighted by Crippen LogP contribution is 2.59. The van der Waals surface area contributed by atoms with Gasteiger partial charge in [0.1, 0.15) is 28.8 Å². The molecule has 0 aliphatic carbocycles. The third-order valence-electron chi connectivity index (χ3n) is 4.47. The third-order valence-corrected chi connectivity index (χ3v) is 6.29. The Kier molecular flexibility index (Phi) is 3.32. The molecular formula is C13H24O4S. The van der Waals surface area contributed by atoms with Crippen molar-refractivity contribution >= 4 is 11.8 Å². The first-order valence-corrected chi connectivity index (χ1v) is 7.45. The van der Waals surface area contributed by atoms with E-state index in [-0.39, 0.29) is 11.3 Å². The summed E-state index contributed by atoms with van der Waals surface area (Å²) in [5, 5.41) is 30.8. The highest BCUT2D eigenvalue weighted by atomic mass is 32.2. The normalized spacial score (nSPS) is 48.8. The van der Waals surface area contributed by atoms with Gasteiger partial charge in [-0.3, -0.25) is 0 Å². The fourth-order valence-electron chi connectivity index (χ4n) is 2.98. The van der Waals surface area contributed by atoms with Crippen molar-refractivity contribution in [1.82, 2.24) is 0 Å². The topological polar surface area (TPSA) is 69.9 Å². The standard InChI is InChI=1S/C13H24O4S/c1-7(2)13-10(16)8(14)9(15)12(17-13,6-18-13)11(3,4)5/h7-10,14-16H,6H2,1-5H3/t8-,9-,10+,12-,13+/m0/s1. The summed E-state index contributed by atoms with van der Waals surface area (Å²) in [6.45, 7) is 9.94. The quantitative estimate of drug-likeness (QED) is 0.666. The molecule has 0 aromatic carbocycles. The van der Waals surface area contributed by atoms with Crippen molar-refractivity contribution in [3.05, 3.63) is 0 Å². The summed E-state index contributed by atoms with van der Waals surface area (Å²) in [5.74, 6) is 0.646. The third kappa shape index (κ3) is 1.61. The smallest absolute Gasteiger partial charge is 0.145 e. The molecular weight excluding hydrogens is 252 g/mol. The Bertz CT molecular complexity index is 340. The van der Waals surface area contributed by atoms with Gasteiger partial charge >= 0.3 is 0 Å². The Labute approximate surface area is 113 Å². The van der Waals surface area contributed by atoms with Gasteiger partial charge in [0.25, 0.3) is 0 Å². The summed E-state index contributed by atoms with van der Waals surface area (Å²) in [4.78, 5) is -0.814. The van der Waals surface area contributed by atoms with E-state index in [1.54, 1.807) is 0 Å². The molecule has 0 spiro atoms. The van der Waals surface area contributed by atoms with Gasteiger partial charge in [-0.25, -0.2) is 0 Å². The lowest BCUT2D eigenvalue weighted by Gasteiger charge is -2.54. The molecule has 2 saturated heterocycles. The van der Waals surface area contributed by atoms with Crippen LogP contribution >= 0.6 is 11.8 Å². The van der Waals surface area contributed by atoms with Crippen molar-refractivity contribution in [3.8, 4) is 0 Å². The minimum atomic E-state index is -1.16. The van der Waals surface area contributed by atoms with E-state index in [0.29, 0.717) is 5.75 Å². The van der Waals surface area contributed by atoms with Crippen LogP contribution in [0.25, 0.3) is 0 Å². The van der Waals surface area contributed by atoms with E-state index in [4.69, 9.17) is 4.74 Å². The Hall–Kier alpha value is 0.190. The first-order valence-electron chi connectivity index (χ1n) is 6.47. The molecule has 2 heterocycles. The number of aliphatic hydroxyl groups is 3. The van der Waals surface area contributed by atoms with Crippen molar-refractivity contribution in [2.75, 3.05) is 5.75 Å². The second-order valence-corrected chi connectivity index (χ2v) is 8.00. The van der Waals surface area contributed by atoms with Gasteiger partial charge in [-0.1, -0.05) is 34.6 Å². The van der Waals surface area contributed by atoms with Gasteiger partial charge in [0, 0.05) is 5.75 Å². The van der Waals surface area contributed by atoms with Crippen molar-refractivity contribution < 1.29 is 20.1 Å². The van der Waals surface area contributed by atoms with Crippen molar-refractivity contribution in [2.24, 2.45) is 11.3 Å². The Balaban J connectivity index is 2.49. The molecule has 0 radical (unpaired) electrons. The highest BCUT2D eigenvalue weighted by molar-refractivity contribution is 8.00. The number of ether oxygens (including phenoxy) is 1. The Morgan fingerprint density at radius 2 is 1.72 bits per heavy atom. The first kappa shape index (κ1) is 14.6. The molecule has 5 heteroatoms. The van der Waals surface area contributed by atoms with Crippen LogP contribution in [0.3, 0.4) is 0 Å². The average molecular weight is 276 g/mol. The molecule has 4 nitrogen and oxygen atoms in total. The monoisotopic (exact) mass is 276 g/mol. The minimum absolute atomic E-state index is 0.0591. The van der Waals surface area contributed by atoms with Gasteiger partial charge in [-0.05, 0) is 11.3 Å². The molecule has 2 aliphatic heterocycles. The van der Waals surface area contributed by atoms with Crippen molar-refractivity contribution in [1.29, 1.82) is 0 Å². The van der Waals surface area contributed by atoms with Crippen LogP contribution < -0.4 is 0 Å². The molecule has 3 N–H and O–H groups in total. The number of aliphatic hydroxyl groups excluding tert-OH is 3. The zero-order valence-corrected chi connectivity index (χ0v) is 12.5. The summed E-state index contributed by atoms with van der Waals surface area (Å²) in [5.41, 5.74) is -1.11. The van der Waals surface area contributed by atoms with Crippen LogP contribution in [0.1, 0.15) is 34.6 Å². The van der Waals surface area contributed by atoms with E-state index in [0.717, 1.165) is 0 Å². The molecule has 2 fully saturated rings. The summed E-state index contributed by atoms with van der Waals surface area (Å²) < 4.78 is 6.20. The lowest BCUT2D eigenvalue weighted by Crippen LogP contribution is -2.69. The van der Waals surface area contributed by atoms with Crippen LogP contribution in [0.2, 0.25) is 0 Å². The van der Waals surface area contributed by atoms with Crippen LogP contribution in [0.5, 0.6) is 0 Å². The summed E-state index contributed by atoms with van der Waals surface area (Å²) >= 11 is 1.52. The van der Waals surface area contributed by atoms with Crippen LogP contribution in [0, 0.1) is 11.3 Å². The number of hydrogen-bond acceptors (Lipinski definition) is 5. The van der Waals surface area contributed by atoms with Crippen LogP contribution in [-0.4, -0.2) is 49.9 Å². The highest BCUT2D eigenvalue weighted by Gasteiger charge is 2.69. The van der Waals surface area contributed by atoms with Crippen molar-refractivity contribution in [2.45, 2.75) is 63.5 Å². The SMILES string of the molecule is CC(C)[C@@]12O[C@@](C(C)(C)C)(CS1)[C@@H](O)[C@H](O)[C@H]2O. The predicted molar refractivity (Wildman–Crippen MR) is 71.3 cm³/mol. The van der Waals surface area contributed by atoms with Gasteiger partial charge in [0.05, 0.1) is 0 Å². The number of fused-ring (bicyclic) bond motifs is 2. The number of rotatable bonds is 1. The van der Waals surface area contributed by atoms with Gasteiger partial charge in [-0.15, -0.1) is 11.8 Å². The maximum atomic E-state index is 10.4. The van der Waals surface area contributed by atoms with Gasteiger partial charge in [0.2, 0.25) is 0 Å². The molecule has 2 rings (SSSR count). The number of hydrogen-bond donors (Lipinski definition) is 3. The average Bonchev–Trinajstić information content (AvgIpc) is 2.64. The maximum Gasteiger partial charge on any atom is 0.145 e. The van der Waals surface area contributed by atoms with Gasteiger partial charge < -0.3 is 20.1 Å². The summed E-state index contributed by atoms with van der Waals surface area (Å²) in [6, 6.07) is 0. The van der Waals surface area contributed by atoms with Crippen LogP contribution in [0.4, 0.5) is 0 Å². The lowest BCUT2D eigenvalue weighted by atomic mass is 9.69. The molecule has 0 aromatic heterocycles. The zero-order valence-electron chi connectivity index (χ0n) is 11.7. The summed E-state index contributed by atoms with van der Waals surface area (Å²) in [7, 11) is 0. The molecule has 2 bridgehead atoms. The fraction of sp³-hybridized carbons (Fsp3) is 1.00. The minimum Gasteiger partial charge on any atom is -0.387 e. The van der Waals surface area contributed by atoms with Crippen LogP contribution in [0.15, 0.2) is 0 Å². The fourth-order valence-corrected chi connectivity index (χ4v) is 4.93. The lowest BCUT2D eigenvalue weighted by molar-refractivity contribution is -0.298. The Morgan fingerprint density at radius 3 is 2.17 bits per heavy atom. The van der Waals surface area contributed by atoms with Crippen LogP contribution in [-0.2, 0) is 4.74 Å². The van der Waals surface area contributed by atoms with Crippen molar-refractivity contribution in [3.63, 3.8) is 0 Å². The van der Waals surface area contributed by atoms with E-state index >= 15 is 0 Å². The largest absolute Gasteiger partial charge is 0.387 e. The molecule has 18 heavy (non-hydrogen) atoms. The van der Waals surface area contributed by atoms with Gasteiger partial charge in [-0.2, -0.15) is 0 Å². The molecule has 5 atom stereocenters.